The van der Waals surface area contributed by atoms with Crippen LogP contribution in [0.15, 0.2) is 36.4 Å². The van der Waals surface area contributed by atoms with Gasteiger partial charge in [-0.1, -0.05) is 13.3 Å². The Bertz CT molecular complexity index is 957. The molecule has 0 fully saturated rings. The monoisotopic (exact) mass is 464 g/mol. The Kier molecular flexibility index (Phi) is 7.70. The number of rotatable bonds is 8. The molecule has 0 heterocycles. The number of nitro benzene ring substituents is 1. The van der Waals surface area contributed by atoms with Crippen molar-refractivity contribution < 1.29 is 40.8 Å². The minimum atomic E-state index is -5.01. The number of hydrogen-bond donors (Lipinski definition) is 1. The number of unbranched alkanes of at least 4 members (excludes halogenated alkanes) is 1. The van der Waals surface area contributed by atoms with Gasteiger partial charge in [0.2, 0.25) is 0 Å². The fraction of sp³-hybridized carbons (Fsp3) is 0.350. The molecule has 1 amide bonds. The highest BCUT2D eigenvalue weighted by atomic mass is 19.4. The molecule has 0 unspecified atom stereocenters. The van der Waals surface area contributed by atoms with Crippen LogP contribution in [-0.4, -0.2) is 17.4 Å². The first kappa shape index (κ1) is 25.0. The average molecular weight is 464 g/mol. The van der Waals surface area contributed by atoms with Crippen LogP contribution in [0.3, 0.4) is 0 Å². The Morgan fingerprint density at radius 2 is 1.62 bits per heavy atom. The molecule has 0 aliphatic carbocycles. The van der Waals surface area contributed by atoms with Crippen LogP contribution in [0, 0.1) is 10.1 Å². The maximum absolute atomic E-state index is 13.0. The van der Waals surface area contributed by atoms with Crippen molar-refractivity contribution in [2.45, 2.75) is 38.7 Å². The summed E-state index contributed by atoms with van der Waals surface area (Å²) in [6.45, 7) is 1.40. The molecule has 0 saturated heterocycles. The van der Waals surface area contributed by atoms with Crippen molar-refractivity contribution in [3.05, 3.63) is 68.8 Å². The third-order valence-corrected chi connectivity index (χ3v) is 4.27. The first-order valence-electron chi connectivity index (χ1n) is 9.30. The second-order valence-corrected chi connectivity index (χ2v) is 6.74. The predicted molar refractivity (Wildman–Crippen MR) is 101 cm³/mol. The Hall–Kier alpha value is -3.31. The van der Waals surface area contributed by atoms with E-state index in [1.54, 1.807) is 0 Å². The zero-order chi connectivity index (χ0) is 24.1. The second-order valence-electron chi connectivity index (χ2n) is 6.74. The van der Waals surface area contributed by atoms with Gasteiger partial charge >= 0.3 is 18.0 Å². The molecular formula is C20H18F6N2O4. The molecule has 32 heavy (non-hydrogen) atoms. The van der Waals surface area contributed by atoms with Gasteiger partial charge in [-0.15, -0.1) is 0 Å². The van der Waals surface area contributed by atoms with Crippen LogP contribution in [0.25, 0.3) is 0 Å². The lowest BCUT2D eigenvalue weighted by molar-refractivity contribution is -0.385. The summed E-state index contributed by atoms with van der Waals surface area (Å²) >= 11 is 0. The van der Waals surface area contributed by atoms with Gasteiger partial charge in [-0.05, 0) is 36.2 Å². The van der Waals surface area contributed by atoms with Crippen molar-refractivity contribution in [1.82, 2.24) is 5.32 Å². The lowest BCUT2D eigenvalue weighted by atomic mass is 10.0. The van der Waals surface area contributed by atoms with Gasteiger partial charge in [0.05, 0.1) is 22.7 Å². The Morgan fingerprint density at radius 1 is 1.03 bits per heavy atom. The Morgan fingerprint density at radius 3 is 2.12 bits per heavy atom. The number of amides is 1. The normalized spacial score (nSPS) is 11.8. The van der Waals surface area contributed by atoms with Crippen LogP contribution in [0.5, 0.6) is 5.75 Å². The van der Waals surface area contributed by atoms with Crippen molar-refractivity contribution >= 4 is 11.6 Å². The highest BCUT2D eigenvalue weighted by Crippen LogP contribution is 2.36. The molecule has 0 atom stereocenters. The molecule has 2 rings (SSSR count). The molecule has 0 spiro atoms. The van der Waals surface area contributed by atoms with Gasteiger partial charge in [-0.2, -0.15) is 26.3 Å². The van der Waals surface area contributed by atoms with Crippen LogP contribution in [0.1, 0.15) is 46.8 Å². The molecule has 2 aromatic rings. The number of nitro groups is 1. The van der Waals surface area contributed by atoms with Crippen molar-refractivity contribution in [1.29, 1.82) is 0 Å². The quantitative estimate of drug-likeness (QED) is 0.234. The summed E-state index contributed by atoms with van der Waals surface area (Å²) in [5, 5.41) is 13.3. The summed E-state index contributed by atoms with van der Waals surface area (Å²) in [6, 6.07) is 4.23. The van der Waals surface area contributed by atoms with Gasteiger partial charge in [0, 0.05) is 24.2 Å². The van der Waals surface area contributed by atoms with Gasteiger partial charge in [0.1, 0.15) is 0 Å². The van der Waals surface area contributed by atoms with Crippen LogP contribution in [0.4, 0.5) is 32.0 Å². The van der Waals surface area contributed by atoms with E-state index in [1.807, 2.05) is 6.92 Å². The van der Waals surface area contributed by atoms with Crippen LogP contribution < -0.4 is 10.1 Å². The first-order valence-corrected chi connectivity index (χ1v) is 9.30. The molecule has 6 nitrogen and oxygen atoms in total. The third-order valence-electron chi connectivity index (χ3n) is 4.27. The number of halogens is 6. The first-order chi connectivity index (χ1) is 14.8. The number of alkyl halides is 6. The summed E-state index contributed by atoms with van der Waals surface area (Å²) in [6.07, 6.45) is -8.66. The fourth-order valence-corrected chi connectivity index (χ4v) is 2.65. The molecule has 0 aliphatic rings. The Labute approximate surface area is 178 Å². The van der Waals surface area contributed by atoms with Gasteiger partial charge in [0.15, 0.2) is 5.75 Å². The second kappa shape index (κ2) is 9.88. The molecule has 174 valence electrons. The number of carbonyl (C=O) groups is 1. The van der Waals surface area contributed by atoms with E-state index in [9.17, 15) is 41.3 Å². The van der Waals surface area contributed by atoms with E-state index in [0.717, 1.165) is 24.6 Å². The van der Waals surface area contributed by atoms with Crippen molar-refractivity contribution in [2.24, 2.45) is 0 Å². The minimum Gasteiger partial charge on any atom is -0.487 e. The molecule has 0 radical (unpaired) electrons. The summed E-state index contributed by atoms with van der Waals surface area (Å²) in [7, 11) is 0. The summed E-state index contributed by atoms with van der Waals surface area (Å²) in [4.78, 5) is 22.8. The van der Waals surface area contributed by atoms with Crippen LogP contribution >= 0.6 is 0 Å². The third kappa shape index (κ3) is 6.59. The highest BCUT2D eigenvalue weighted by molar-refractivity contribution is 5.95. The molecule has 1 N–H and O–H groups in total. The van der Waals surface area contributed by atoms with Gasteiger partial charge in [-0.25, -0.2) is 0 Å². The van der Waals surface area contributed by atoms with E-state index in [1.165, 1.54) is 0 Å². The van der Waals surface area contributed by atoms with Crippen molar-refractivity contribution in [3.63, 3.8) is 0 Å². The van der Waals surface area contributed by atoms with E-state index >= 15 is 0 Å². The number of hydrogen-bond acceptors (Lipinski definition) is 4. The van der Waals surface area contributed by atoms with Crippen LogP contribution in [-0.2, 0) is 18.9 Å². The lowest BCUT2D eigenvalue weighted by Crippen LogP contribution is -2.23. The summed E-state index contributed by atoms with van der Waals surface area (Å²) < 4.78 is 83.0. The van der Waals surface area contributed by atoms with E-state index in [4.69, 9.17) is 4.74 Å². The van der Waals surface area contributed by atoms with E-state index in [-0.39, 0.29) is 29.7 Å². The SMILES string of the molecule is CCCCOc1cc(C(=O)NCc2cc(C(F)(F)F)cc(C(F)(F)F)c2)ccc1[N+](=O)[O-]. The van der Waals surface area contributed by atoms with Gasteiger partial charge in [0.25, 0.3) is 5.91 Å². The smallest absolute Gasteiger partial charge is 0.416 e. The van der Waals surface area contributed by atoms with Crippen molar-refractivity contribution in [3.8, 4) is 5.75 Å². The largest absolute Gasteiger partial charge is 0.487 e. The average Bonchev–Trinajstić information content (AvgIpc) is 2.70. The molecular weight excluding hydrogens is 446 g/mol. The van der Waals surface area contributed by atoms with Gasteiger partial charge < -0.3 is 10.1 Å². The fourth-order valence-electron chi connectivity index (χ4n) is 2.65. The maximum Gasteiger partial charge on any atom is 0.416 e. The van der Waals surface area contributed by atoms with E-state index < -0.39 is 46.4 Å². The number of nitrogens with one attached hydrogen (secondary N) is 1. The maximum atomic E-state index is 13.0. The molecule has 0 aromatic heterocycles. The van der Waals surface area contributed by atoms with Crippen molar-refractivity contribution in [2.75, 3.05) is 6.61 Å². The zero-order valence-corrected chi connectivity index (χ0v) is 16.6. The zero-order valence-electron chi connectivity index (χ0n) is 16.6. The number of nitrogens with zero attached hydrogens (tertiary/aromatic N) is 1. The summed E-state index contributed by atoms with van der Waals surface area (Å²) in [5.74, 6) is -1.03. The molecule has 0 bridgehead atoms. The van der Waals surface area contributed by atoms with E-state index in [2.05, 4.69) is 5.32 Å². The summed E-state index contributed by atoms with van der Waals surface area (Å²) in [5.41, 5.74) is -3.91. The topological polar surface area (TPSA) is 81.5 Å². The Balaban J connectivity index is 2.25. The lowest BCUT2D eigenvalue weighted by Gasteiger charge is -2.15. The highest BCUT2D eigenvalue weighted by Gasteiger charge is 2.36. The molecule has 2 aromatic carbocycles. The molecule has 12 heteroatoms. The van der Waals surface area contributed by atoms with E-state index in [0.29, 0.717) is 18.6 Å². The van der Waals surface area contributed by atoms with Gasteiger partial charge in [-0.3, -0.25) is 14.9 Å². The standard InChI is InChI=1S/C20H18F6N2O4/c1-2-3-6-32-17-9-13(4-5-16(17)28(30)31)18(29)27-11-12-7-14(19(21,22)23)10-15(8-12)20(24,25)26/h4-5,7-10H,2-3,6,11H2,1H3,(H,27,29). The molecule has 0 saturated carbocycles. The number of carbonyl (C=O) groups excluding carboxylic acids is 1. The predicted octanol–water partition coefficient (Wildman–Crippen LogP) is 5.74. The number of ether oxygens (including phenoxy) is 1. The molecule has 0 aliphatic heterocycles. The number of benzene rings is 2. The van der Waals surface area contributed by atoms with Crippen LogP contribution in [0.2, 0.25) is 0 Å². The minimum absolute atomic E-state index is 0.0123.